The Morgan fingerprint density at radius 1 is 0.966 bits per heavy atom. The lowest BCUT2D eigenvalue weighted by atomic mass is 10.1. The minimum atomic E-state index is -0.203. The molecular formula is C22H19N5O2. The van der Waals surface area contributed by atoms with Crippen LogP contribution in [0.2, 0.25) is 0 Å². The van der Waals surface area contributed by atoms with Gasteiger partial charge < -0.3 is 10.6 Å². The molecule has 2 N–H and O–H groups in total. The minimum absolute atomic E-state index is 0.166. The number of aromatic nitrogens is 3. The van der Waals surface area contributed by atoms with E-state index in [0.717, 1.165) is 16.5 Å². The first-order chi connectivity index (χ1) is 14.1. The van der Waals surface area contributed by atoms with E-state index in [9.17, 15) is 9.59 Å². The maximum absolute atomic E-state index is 12.6. The number of nitrogens with one attached hydrogen (secondary N) is 2. The van der Waals surface area contributed by atoms with Crippen LogP contribution in [0.5, 0.6) is 0 Å². The van der Waals surface area contributed by atoms with Crippen LogP contribution in [0.3, 0.4) is 0 Å². The molecule has 29 heavy (non-hydrogen) atoms. The van der Waals surface area contributed by atoms with E-state index >= 15 is 0 Å². The lowest BCUT2D eigenvalue weighted by Gasteiger charge is -2.09. The standard InChI is InChI=1S/C22H19N5O2/c1-15(28)26-20-13-18-12-17(21(29)25-14-16-6-3-2-4-7-16)8-9-19(18)27(20)22-23-10-5-11-24-22/h2-13H,14H2,1H3,(H,25,29)(H,26,28). The molecule has 0 atom stereocenters. The van der Waals surface area contributed by atoms with Gasteiger partial charge in [-0.1, -0.05) is 30.3 Å². The molecule has 2 amide bonds. The molecule has 0 fully saturated rings. The lowest BCUT2D eigenvalue weighted by molar-refractivity contribution is -0.114. The van der Waals surface area contributed by atoms with E-state index in [1.807, 2.05) is 36.4 Å². The number of rotatable bonds is 5. The summed E-state index contributed by atoms with van der Waals surface area (Å²) < 4.78 is 1.75. The highest BCUT2D eigenvalue weighted by atomic mass is 16.2. The number of anilines is 1. The Kier molecular flexibility index (Phi) is 5.03. The predicted octanol–water partition coefficient (Wildman–Crippen LogP) is 3.31. The summed E-state index contributed by atoms with van der Waals surface area (Å²) in [4.78, 5) is 32.8. The van der Waals surface area contributed by atoms with E-state index in [4.69, 9.17) is 0 Å². The summed E-state index contributed by atoms with van der Waals surface area (Å²) in [6.07, 6.45) is 3.27. The number of carbonyl (C=O) groups is 2. The number of carbonyl (C=O) groups excluding carboxylic acids is 2. The second kappa shape index (κ2) is 7.93. The van der Waals surface area contributed by atoms with Gasteiger partial charge in [-0.15, -0.1) is 0 Å². The maximum atomic E-state index is 12.6. The van der Waals surface area contributed by atoms with Crippen molar-refractivity contribution in [3.05, 3.63) is 84.2 Å². The van der Waals surface area contributed by atoms with Crippen molar-refractivity contribution in [1.29, 1.82) is 0 Å². The first kappa shape index (κ1) is 18.4. The highest BCUT2D eigenvalue weighted by molar-refractivity contribution is 6.00. The van der Waals surface area contributed by atoms with Crippen molar-refractivity contribution in [2.24, 2.45) is 0 Å². The Morgan fingerprint density at radius 3 is 2.45 bits per heavy atom. The molecule has 4 aromatic rings. The largest absolute Gasteiger partial charge is 0.348 e. The highest BCUT2D eigenvalue weighted by Crippen LogP contribution is 2.27. The molecule has 2 heterocycles. The molecule has 0 unspecified atom stereocenters. The van der Waals surface area contributed by atoms with Crippen LogP contribution in [0.1, 0.15) is 22.8 Å². The van der Waals surface area contributed by atoms with Gasteiger partial charge in [0.05, 0.1) is 5.52 Å². The van der Waals surface area contributed by atoms with Crippen LogP contribution in [0.4, 0.5) is 5.82 Å². The fourth-order valence-corrected chi connectivity index (χ4v) is 3.13. The molecule has 7 heteroatoms. The Labute approximate surface area is 167 Å². The van der Waals surface area contributed by atoms with Crippen LogP contribution in [0.15, 0.2) is 73.1 Å². The van der Waals surface area contributed by atoms with Crippen LogP contribution in [0.25, 0.3) is 16.9 Å². The summed E-state index contributed by atoms with van der Waals surface area (Å²) in [5, 5.41) is 6.52. The number of hydrogen-bond acceptors (Lipinski definition) is 4. The average Bonchev–Trinajstić information content (AvgIpc) is 3.09. The van der Waals surface area contributed by atoms with Crippen molar-refractivity contribution in [2.75, 3.05) is 5.32 Å². The Bertz CT molecular complexity index is 1170. The summed E-state index contributed by atoms with van der Waals surface area (Å²) in [6.45, 7) is 1.89. The normalized spacial score (nSPS) is 10.7. The van der Waals surface area contributed by atoms with Crippen LogP contribution in [-0.2, 0) is 11.3 Å². The zero-order valence-electron chi connectivity index (χ0n) is 15.8. The van der Waals surface area contributed by atoms with E-state index in [1.54, 1.807) is 41.2 Å². The van der Waals surface area contributed by atoms with Gasteiger partial charge in [0.15, 0.2) is 0 Å². The summed E-state index contributed by atoms with van der Waals surface area (Å²) in [5.74, 6) is 0.611. The van der Waals surface area contributed by atoms with Crippen molar-refractivity contribution >= 4 is 28.5 Å². The zero-order chi connectivity index (χ0) is 20.2. The summed E-state index contributed by atoms with van der Waals surface area (Å²) >= 11 is 0. The number of nitrogens with zero attached hydrogens (tertiary/aromatic N) is 3. The minimum Gasteiger partial charge on any atom is -0.348 e. The van der Waals surface area contributed by atoms with E-state index in [2.05, 4.69) is 20.6 Å². The number of benzene rings is 2. The molecule has 0 saturated carbocycles. The second-order valence-corrected chi connectivity index (χ2v) is 6.54. The maximum Gasteiger partial charge on any atom is 0.251 e. The predicted molar refractivity (Wildman–Crippen MR) is 111 cm³/mol. The smallest absolute Gasteiger partial charge is 0.251 e. The van der Waals surface area contributed by atoms with Crippen LogP contribution in [-0.4, -0.2) is 26.3 Å². The molecule has 0 aliphatic rings. The van der Waals surface area contributed by atoms with Gasteiger partial charge in [-0.3, -0.25) is 14.2 Å². The third-order valence-corrected chi connectivity index (χ3v) is 4.42. The Balaban J connectivity index is 1.67. The van der Waals surface area contributed by atoms with Crippen molar-refractivity contribution in [3.8, 4) is 5.95 Å². The molecule has 0 aliphatic carbocycles. The van der Waals surface area contributed by atoms with Gasteiger partial charge in [0.25, 0.3) is 5.91 Å². The molecule has 2 aromatic heterocycles. The van der Waals surface area contributed by atoms with Crippen LogP contribution >= 0.6 is 0 Å². The molecule has 7 nitrogen and oxygen atoms in total. The van der Waals surface area contributed by atoms with Gasteiger partial charge in [0, 0.05) is 36.8 Å². The number of hydrogen-bond donors (Lipinski definition) is 2. The van der Waals surface area contributed by atoms with E-state index < -0.39 is 0 Å². The fraction of sp³-hybridized carbons (Fsp3) is 0.0909. The molecule has 0 aliphatic heterocycles. The molecule has 4 rings (SSSR count). The third kappa shape index (κ3) is 3.98. The molecule has 0 spiro atoms. The second-order valence-electron chi connectivity index (χ2n) is 6.54. The number of fused-ring (bicyclic) bond motifs is 1. The molecule has 144 valence electrons. The number of amides is 2. The summed E-state index contributed by atoms with van der Waals surface area (Å²) in [6, 6.07) is 18.6. The van der Waals surface area contributed by atoms with E-state index in [0.29, 0.717) is 23.9 Å². The molecule has 2 aromatic carbocycles. The molecule has 0 radical (unpaired) electrons. The van der Waals surface area contributed by atoms with Gasteiger partial charge in [0.2, 0.25) is 11.9 Å². The molecule has 0 bridgehead atoms. The lowest BCUT2D eigenvalue weighted by Crippen LogP contribution is -2.22. The Morgan fingerprint density at radius 2 is 1.72 bits per heavy atom. The third-order valence-electron chi connectivity index (χ3n) is 4.42. The molecule has 0 saturated heterocycles. The zero-order valence-corrected chi connectivity index (χ0v) is 15.8. The summed E-state index contributed by atoms with van der Waals surface area (Å²) in [7, 11) is 0. The Hall–Kier alpha value is -4.00. The summed E-state index contributed by atoms with van der Waals surface area (Å²) in [5.41, 5.74) is 2.36. The first-order valence-electron chi connectivity index (χ1n) is 9.14. The van der Waals surface area contributed by atoms with Gasteiger partial charge in [0.1, 0.15) is 5.82 Å². The van der Waals surface area contributed by atoms with Crippen molar-refractivity contribution < 1.29 is 9.59 Å². The van der Waals surface area contributed by atoms with E-state index in [1.165, 1.54) is 6.92 Å². The van der Waals surface area contributed by atoms with Crippen LogP contribution < -0.4 is 10.6 Å². The van der Waals surface area contributed by atoms with Gasteiger partial charge in [-0.25, -0.2) is 9.97 Å². The highest BCUT2D eigenvalue weighted by Gasteiger charge is 2.15. The topological polar surface area (TPSA) is 88.9 Å². The van der Waals surface area contributed by atoms with Crippen LogP contribution in [0, 0.1) is 0 Å². The van der Waals surface area contributed by atoms with Gasteiger partial charge >= 0.3 is 0 Å². The van der Waals surface area contributed by atoms with Gasteiger partial charge in [-0.2, -0.15) is 0 Å². The van der Waals surface area contributed by atoms with E-state index in [-0.39, 0.29) is 11.8 Å². The van der Waals surface area contributed by atoms with Crippen molar-refractivity contribution in [3.63, 3.8) is 0 Å². The SMILES string of the molecule is CC(=O)Nc1cc2cc(C(=O)NCc3ccccc3)ccc2n1-c1ncccn1. The first-order valence-corrected chi connectivity index (χ1v) is 9.14. The van der Waals surface area contributed by atoms with Crippen molar-refractivity contribution in [1.82, 2.24) is 19.9 Å². The van der Waals surface area contributed by atoms with Crippen molar-refractivity contribution in [2.45, 2.75) is 13.5 Å². The quantitative estimate of drug-likeness (QED) is 0.552. The fourth-order valence-electron chi connectivity index (χ4n) is 3.13. The molecular weight excluding hydrogens is 366 g/mol. The average molecular weight is 385 g/mol. The monoisotopic (exact) mass is 385 g/mol. The van der Waals surface area contributed by atoms with Gasteiger partial charge in [-0.05, 0) is 35.9 Å².